The van der Waals surface area contributed by atoms with Crippen LogP contribution in [0.5, 0.6) is 11.5 Å². The molecule has 0 saturated carbocycles. The van der Waals surface area contributed by atoms with Crippen LogP contribution in [0, 0.1) is 11.7 Å². The van der Waals surface area contributed by atoms with Crippen molar-refractivity contribution >= 4 is 23.4 Å². The number of anilines is 2. The minimum atomic E-state index is -0.504. The summed E-state index contributed by atoms with van der Waals surface area (Å²) in [6, 6.07) is 9.61. The third-order valence-electron chi connectivity index (χ3n) is 5.35. The van der Waals surface area contributed by atoms with Gasteiger partial charge in [0.05, 0.1) is 25.8 Å². The van der Waals surface area contributed by atoms with Gasteiger partial charge in [0.15, 0.2) is 23.9 Å². The maximum absolute atomic E-state index is 13.7. The zero-order valence-corrected chi connectivity index (χ0v) is 18.8. The van der Waals surface area contributed by atoms with E-state index in [9.17, 15) is 14.0 Å². The van der Waals surface area contributed by atoms with Crippen molar-refractivity contribution in [3.63, 3.8) is 0 Å². The molecular weight excluding hydrogens is 429 g/mol. The molecule has 33 heavy (non-hydrogen) atoms. The first-order valence-electron chi connectivity index (χ1n) is 10.4. The fraction of sp³-hybridized carbons (Fsp3) is 0.292. The topological polar surface area (TPSA) is 91.7 Å². The number of methoxy groups -OCH3 is 2. The van der Waals surface area contributed by atoms with E-state index in [-0.39, 0.29) is 5.92 Å². The number of carbonyl (C=O) groups is 2. The number of nitrogens with zero attached hydrogens (tertiary/aromatic N) is 2. The summed E-state index contributed by atoms with van der Waals surface area (Å²) in [5.74, 6) is -0.247. The van der Waals surface area contributed by atoms with Crippen molar-refractivity contribution in [2.75, 3.05) is 26.1 Å². The Bertz CT molecular complexity index is 1240. The summed E-state index contributed by atoms with van der Waals surface area (Å²) in [6.07, 6.45) is 0.474. The maximum atomic E-state index is 13.7. The standard InChI is InChI=1S/C24H24FN3O5/c1-13(2)24(30)33-12-21(29)28-22-17-11-20(32-4)19(31-3)9-14(17)8-18(22)23(27-28)26-16-7-5-6-15(25)10-16/h5-7,9-11,13H,8,12H2,1-4H3,(H,26,27). The number of esters is 1. The van der Waals surface area contributed by atoms with Crippen LogP contribution in [0.15, 0.2) is 36.4 Å². The second kappa shape index (κ2) is 8.93. The number of fused-ring (bicyclic) bond motifs is 3. The Hall–Kier alpha value is -3.88. The Morgan fingerprint density at radius 1 is 1.15 bits per heavy atom. The Balaban J connectivity index is 1.77. The zero-order valence-electron chi connectivity index (χ0n) is 18.8. The van der Waals surface area contributed by atoms with E-state index in [4.69, 9.17) is 14.2 Å². The van der Waals surface area contributed by atoms with Gasteiger partial charge in [0.25, 0.3) is 5.91 Å². The molecule has 1 aromatic heterocycles. The molecule has 4 rings (SSSR count). The molecule has 172 valence electrons. The van der Waals surface area contributed by atoms with Crippen LogP contribution in [-0.4, -0.2) is 42.5 Å². The van der Waals surface area contributed by atoms with Crippen LogP contribution >= 0.6 is 0 Å². The largest absolute Gasteiger partial charge is 0.493 e. The summed E-state index contributed by atoms with van der Waals surface area (Å²) in [6.45, 7) is 2.93. The molecule has 1 aliphatic rings. The van der Waals surface area contributed by atoms with Crippen LogP contribution in [0.4, 0.5) is 15.9 Å². The van der Waals surface area contributed by atoms with E-state index in [1.807, 2.05) is 6.07 Å². The minimum absolute atomic E-state index is 0.358. The van der Waals surface area contributed by atoms with Gasteiger partial charge >= 0.3 is 5.97 Å². The predicted molar refractivity (Wildman–Crippen MR) is 120 cm³/mol. The van der Waals surface area contributed by atoms with E-state index in [0.29, 0.717) is 35.1 Å². The average Bonchev–Trinajstić information content (AvgIpc) is 3.33. The molecule has 0 fully saturated rings. The van der Waals surface area contributed by atoms with Gasteiger partial charge in [-0.15, -0.1) is 5.10 Å². The van der Waals surface area contributed by atoms with Crippen LogP contribution in [0.1, 0.15) is 29.8 Å². The highest BCUT2D eigenvalue weighted by Crippen LogP contribution is 2.45. The second-order valence-corrected chi connectivity index (χ2v) is 7.92. The summed E-state index contributed by atoms with van der Waals surface area (Å²) >= 11 is 0. The fourth-order valence-electron chi connectivity index (χ4n) is 3.72. The quantitative estimate of drug-likeness (QED) is 0.420. The van der Waals surface area contributed by atoms with Crippen LogP contribution in [0.2, 0.25) is 0 Å². The molecule has 1 heterocycles. The molecule has 0 radical (unpaired) electrons. The summed E-state index contributed by atoms with van der Waals surface area (Å²) in [5, 5.41) is 7.55. The maximum Gasteiger partial charge on any atom is 0.308 e. The van der Waals surface area contributed by atoms with E-state index in [0.717, 1.165) is 16.7 Å². The number of hydrogen-bond acceptors (Lipinski definition) is 7. The SMILES string of the molecule is COc1cc2c(cc1OC)-c1c(c(Nc3cccc(F)c3)nn1C(=O)COC(=O)C(C)C)C2. The zero-order chi connectivity index (χ0) is 23.7. The van der Waals surface area contributed by atoms with Crippen molar-refractivity contribution in [2.24, 2.45) is 5.92 Å². The smallest absolute Gasteiger partial charge is 0.308 e. The molecule has 2 aromatic carbocycles. The molecule has 0 bridgehead atoms. The van der Waals surface area contributed by atoms with E-state index < -0.39 is 24.3 Å². The third kappa shape index (κ3) is 4.26. The first-order valence-corrected chi connectivity index (χ1v) is 10.4. The molecule has 0 saturated heterocycles. The first kappa shape index (κ1) is 22.3. The Kier molecular flexibility index (Phi) is 6.04. The second-order valence-electron chi connectivity index (χ2n) is 7.92. The highest BCUT2D eigenvalue weighted by molar-refractivity contribution is 5.92. The van der Waals surface area contributed by atoms with Gasteiger partial charge < -0.3 is 19.5 Å². The van der Waals surface area contributed by atoms with Crippen LogP contribution in [0.25, 0.3) is 11.3 Å². The summed E-state index contributed by atoms with van der Waals surface area (Å²) < 4.78 is 30.9. The molecular formula is C24H24FN3O5. The summed E-state index contributed by atoms with van der Waals surface area (Å²) in [4.78, 5) is 24.9. The van der Waals surface area contributed by atoms with Gasteiger partial charge in [0.2, 0.25) is 0 Å². The van der Waals surface area contributed by atoms with Gasteiger partial charge in [-0.3, -0.25) is 9.59 Å². The van der Waals surface area contributed by atoms with E-state index in [2.05, 4.69) is 10.4 Å². The average molecular weight is 453 g/mol. The van der Waals surface area contributed by atoms with E-state index in [1.54, 1.807) is 39.2 Å². The van der Waals surface area contributed by atoms with Crippen molar-refractivity contribution in [3.05, 3.63) is 53.3 Å². The van der Waals surface area contributed by atoms with Crippen molar-refractivity contribution in [1.82, 2.24) is 9.78 Å². The highest BCUT2D eigenvalue weighted by atomic mass is 19.1. The number of carbonyl (C=O) groups excluding carboxylic acids is 2. The van der Waals surface area contributed by atoms with Gasteiger partial charge in [-0.25, -0.2) is 4.39 Å². The van der Waals surface area contributed by atoms with Gasteiger partial charge in [0.1, 0.15) is 5.82 Å². The van der Waals surface area contributed by atoms with E-state index >= 15 is 0 Å². The van der Waals surface area contributed by atoms with Gasteiger partial charge in [-0.2, -0.15) is 4.68 Å². The highest BCUT2D eigenvalue weighted by Gasteiger charge is 2.32. The van der Waals surface area contributed by atoms with Crippen LogP contribution < -0.4 is 14.8 Å². The lowest BCUT2D eigenvalue weighted by molar-refractivity contribution is -0.146. The molecule has 0 atom stereocenters. The number of halogens is 1. The Morgan fingerprint density at radius 2 is 1.88 bits per heavy atom. The number of hydrogen-bond donors (Lipinski definition) is 1. The van der Waals surface area contributed by atoms with Crippen molar-refractivity contribution in [1.29, 1.82) is 0 Å². The van der Waals surface area contributed by atoms with Crippen LogP contribution in [-0.2, 0) is 16.0 Å². The van der Waals surface area contributed by atoms with Crippen molar-refractivity contribution < 1.29 is 28.2 Å². The molecule has 1 aliphatic carbocycles. The van der Waals surface area contributed by atoms with Gasteiger partial charge in [-0.05, 0) is 35.9 Å². The Morgan fingerprint density at radius 3 is 2.55 bits per heavy atom. The molecule has 0 spiro atoms. The Labute approximate surface area is 190 Å². The lowest BCUT2D eigenvalue weighted by atomic mass is 10.1. The van der Waals surface area contributed by atoms with Gasteiger partial charge in [0, 0.05) is 23.2 Å². The molecule has 3 aromatic rings. The molecule has 1 N–H and O–H groups in total. The molecule has 9 heteroatoms. The first-order chi connectivity index (χ1) is 15.8. The van der Waals surface area contributed by atoms with Gasteiger partial charge in [-0.1, -0.05) is 19.9 Å². The lowest BCUT2D eigenvalue weighted by Gasteiger charge is -2.12. The van der Waals surface area contributed by atoms with Crippen LogP contribution in [0.3, 0.4) is 0 Å². The van der Waals surface area contributed by atoms with Crippen molar-refractivity contribution in [2.45, 2.75) is 20.3 Å². The molecule has 0 unspecified atom stereocenters. The third-order valence-corrected chi connectivity index (χ3v) is 5.35. The fourth-order valence-corrected chi connectivity index (χ4v) is 3.72. The van der Waals surface area contributed by atoms with E-state index in [1.165, 1.54) is 23.9 Å². The molecule has 0 aliphatic heterocycles. The number of ether oxygens (including phenoxy) is 3. The predicted octanol–water partition coefficient (Wildman–Crippen LogP) is 4.19. The number of rotatable bonds is 7. The lowest BCUT2D eigenvalue weighted by Crippen LogP contribution is -2.23. The molecule has 8 nitrogen and oxygen atoms in total. The monoisotopic (exact) mass is 453 g/mol. The number of aromatic nitrogens is 2. The van der Waals surface area contributed by atoms with Crippen molar-refractivity contribution in [3.8, 4) is 22.8 Å². The number of benzene rings is 2. The summed E-state index contributed by atoms with van der Waals surface area (Å²) in [7, 11) is 3.09. The number of nitrogens with one attached hydrogen (secondary N) is 1. The minimum Gasteiger partial charge on any atom is -0.493 e. The summed E-state index contributed by atoms with van der Waals surface area (Å²) in [5.41, 5.74) is 3.49. The molecule has 0 amide bonds. The normalized spacial score (nSPS) is 11.7.